The van der Waals surface area contributed by atoms with Crippen LogP contribution < -0.4 is 5.73 Å². The highest BCUT2D eigenvalue weighted by molar-refractivity contribution is 5.74. The Morgan fingerprint density at radius 2 is 2.10 bits per heavy atom. The van der Waals surface area contributed by atoms with Gasteiger partial charge in [0.1, 0.15) is 5.52 Å². The summed E-state index contributed by atoms with van der Waals surface area (Å²) in [4.78, 5) is 11.3. The van der Waals surface area contributed by atoms with Crippen LogP contribution in [0.4, 0.5) is 5.95 Å². The van der Waals surface area contributed by atoms with Crippen LogP contribution in [0.2, 0.25) is 0 Å². The lowest BCUT2D eigenvalue weighted by atomic mass is 10.3. The fourth-order valence-corrected chi connectivity index (χ4v) is 2.63. The Morgan fingerprint density at radius 3 is 2.90 bits per heavy atom. The molecule has 6 nitrogen and oxygen atoms in total. The van der Waals surface area contributed by atoms with Crippen LogP contribution >= 0.6 is 0 Å². The number of hydrogen-bond acceptors (Lipinski definition) is 5. The van der Waals surface area contributed by atoms with Crippen LogP contribution in [-0.4, -0.2) is 52.3 Å². The summed E-state index contributed by atoms with van der Waals surface area (Å²) in [6, 6.07) is 2.02. The molecule has 0 atom stereocenters. The Balaban J connectivity index is 1.66. The molecule has 108 valence electrons. The molecular formula is C14H21N5O. The molecule has 0 bridgehead atoms. The van der Waals surface area contributed by atoms with Crippen LogP contribution in [0.25, 0.3) is 11.2 Å². The van der Waals surface area contributed by atoms with Crippen molar-refractivity contribution in [2.24, 2.45) is 0 Å². The molecule has 2 aromatic rings. The van der Waals surface area contributed by atoms with Gasteiger partial charge in [-0.15, -0.1) is 0 Å². The van der Waals surface area contributed by atoms with Crippen LogP contribution in [0.15, 0.2) is 12.3 Å². The third kappa shape index (κ3) is 2.76. The number of rotatable bonds is 4. The third-order valence-electron chi connectivity index (χ3n) is 3.71. The molecule has 1 aliphatic heterocycles. The predicted octanol–water partition coefficient (Wildman–Crippen LogP) is 1.04. The summed E-state index contributed by atoms with van der Waals surface area (Å²) in [5.74, 6) is 0.556. The Kier molecular flexibility index (Phi) is 3.84. The second-order valence-corrected chi connectivity index (χ2v) is 5.28. The normalized spacial score (nSPS) is 16.9. The minimum atomic E-state index is 0.556. The fourth-order valence-electron chi connectivity index (χ4n) is 2.63. The van der Waals surface area contributed by atoms with Gasteiger partial charge in [-0.2, -0.15) is 0 Å². The molecule has 0 amide bonds. The molecule has 2 aromatic heterocycles. The molecule has 0 aliphatic carbocycles. The first-order valence-electron chi connectivity index (χ1n) is 7.12. The highest BCUT2D eigenvalue weighted by Crippen LogP contribution is 2.17. The number of nitrogens with two attached hydrogens (primary N) is 1. The number of ether oxygens (including phenoxy) is 1. The SMILES string of the molecule is Cc1cnc2c(c1)nc(N)n2CCCN1CCOCC1. The van der Waals surface area contributed by atoms with Gasteiger partial charge in [0.25, 0.3) is 0 Å². The third-order valence-corrected chi connectivity index (χ3v) is 3.71. The molecule has 0 radical (unpaired) electrons. The first-order valence-corrected chi connectivity index (χ1v) is 7.12. The molecular weight excluding hydrogens is 254 g/mol. The zero-order valence-corrected chi connectivity index (χ0v) is 11.9. The summed E-state index contributed by atoms with van der Waals surface area (Å²) in [6.45, 7) is 7.67. The highest BCUT2D eigenvalue weighted by atomic mass is 16.5. The number of fused-ring (bicyclic) bond motifs is 1. The van der Waals surface area contributed by atoms with E-state index in [4.69, 9.17) is 10.5 Å². The van der Waals surface area contributed by atoms with Gasteiger partial charge in [0.2, 0.25) is 5.95 Å². The van der Waals surface area contributed by atoms with Crippen LogP contribution in [0.1, 0.15) is 12.0 Å². The number of morpholine rings is 1. The lowest BCUT2D eigenvalue weighted by molar-refractivity contribution is 0.0370. The second kappa shape index (κ2) is 5.76. The van der Waals surface area contributed by atoms with Crippen molar-refractivity contribution in [2.45, 2.75) is 19.9 Å². The van der Waals surface area contributed by atoms with Gasteiger partial charge in [0, 0.05) is 32.4 Å². The molecule has 0 unspecified atom stereocenters. The molecule has 3 heterocycles. The van der Waals surface area contributed by atoms with Crippen molar-refractivity contribution in [2.75, 3.05) is 38.6 Å². The lowest BCUT2D eigenvalue weighted by Crippen LogP contribution is -2.37. The molecule has 0 aromatic carbocycles. The summed E-state index contributed by atoms with van der Waals surface area (Å²) in [5.41, 5.74) is 8.88. The van der Waals surface area contributed by atoms with E-state index in [9.17, 15) is 0 Å². The maximum Gasteiger partial charge on any atom is 0.202 e. The largest absolute Gasteiger partial charge is 0.379 e. The zero-order chi connectivity index (χ0) is 13.9. The van der Waals surface area contributed by atoms with Crippen molar-refractivity contribution in [1.29, 1.82) is 0 Å². The molecule has 0 spiro atoms. The van der Waals surface area contributed by atoms with Gasteiger partial charge in [-0.25, -0.2) is 9.97 Å². The molecule has 2 N–H and O–H groups in total. The van der Waals surface area contributed by atoms with Crippen LogP contribution in [0, 0.1) is 6.92 Å². The van der Waals surface area contributed by atoms with Gasteiger partial charge in [0.15, 0.2) is 5.65 Å². The average molecular weight is 275 g/mol. The maximum absolute atomic E-state index is 6.00. The Morgan fingerprint density at radius 1 is 1.30 bits per heavy atom. The number of aryl methyl sites for hydroxylation is 2. The first kappa shape index (κ1) is 13.3. The summed E-state index contributed by atoms with van der Waals surface area (Å²) in [5, 5.41) is 0. The average Bonchev–Trinajstić information content (AvgIpc) is 2.75. The topological polar surface area (TPSA) is 69.2 Å². The zero-order valence-electron chi connectivity index (χ0n) is 11.9. The van der Waals surface area contributed by atoms with Crippen molar-refractivity contribution in [3.8, 4) is 0 Å². The number of pyridine rings is 1. The van der Waals surface area contributed by atoms with Gasteiger partial charge in [-0.3, -0.25) is 9.47 Å². The Bertz CT molecular complexity index is 589. The maximum atomic E-state index is 6.00. The van der Waals surface area contributed by atoms with E-state index in [0.717, 1.165) is 62.5 Å². The van der Waals surface area contributed by atoms with E-state index in [1.165, 1.54) is 0 Å². The highest BCUT2D eigenvalue weighted by Gasteiger charge is 2.12. The summed E-state index contributed by atoms with van der Waals surface area (Å²) >= 11 is 0. The number of anilines is 1. The Hall–Kier alpha value is -1.66. The van der Waals surface area contributed by atoms with Gasteiger partial charge in [-0.1, -0.05) is 0 Å². The van der Waals surface area contributed by atoms with E-state index in [1.54, 1.807) is 0 Å². The number of hydrogen-bond donors (Lipinski definition) is 1. The predicted molar refractivity (Wildman–Crippen MR) is 78.6 cm³/mol. The summed E-state index contributed by atoms with van der Waals surface area (Å²) < 4.78 is 7.36. The summed E-state index contributed by atoms with van der Waals surface area (Å²) in [7, 11) is 0. The van der Waals surface area contributed by atoms with E-state index < -0.39 is 0 Å². The van der Waals surface area contributed by atoms with Crippen molar-refractivity contribution < 1.29 is 4.74 Å². The van der Waals surface area contributed by atoms with E-state index in [2.05, 4.69) is 14.9 Å². The van der Waals surface area contributed by atoms with Crippen molar-refractivity contribution in [1.82, 2.24) is 19.4 Å². The first-order chi connectivity index (χ1) is 9.74. The van der Waals surface area contributed by atoms with Crippen molar-refractivity contribution in [3.05, 3.63) is 17.8 Å². The summed E-state index contributed by atoms with van der Waals surface area (Å²) in [6.07, 6.45) is 2.91. The van der Waals surface area contributed by atoms with Gasteiger partial charge < -0.3 is 10.5 Å². The Labute approximate surface area is 118 Å². The quantitative estimate of drug-likeness (QED) is 0.903. The number of nitrogens with zero attached hydrogens (tertiary/aromatic N) is 4. The molecule has 6 heteroatoms. The number of aromatic nitrogens is 3. The minimum Gasteiger partial charge on any atom is -0.379 e. The molecule has 1 aliphatic rings. The van der Waals surface area contributed by atoms with Gasteiger partial charge in [0.05, 0.1) is 13.2 Å². The lowest BCUT2D eigenvalue weighted by Gasteiger charge is -2.26. The minimum absolute atomic E-state index is 0.556. The molecule has 20 heavy (non-hydrogen) atoms. The fraction of sp³-hybridized carbons (Fsp3) is 0.571. The van der Waals surface area contributed by atoms with Crippen LogP contribution in [0.3, 0.4) is 0 Å². The molecule has 1 fully saturated rings. The smallest absolute Gasteiger partial charge is 0.202 e. The number of nitrogen functional groups attached to an aromatic ring is 1. The van der Waals surface area contributed by atoms with E-state index >= 15 is 0 Å². The van der Waals surface area contributed by atoms with E-state index in [0.29, 0.717) is 5.95 Å². The standard InChI is InChI=1S/C14H21N5O/c1-11-9-12-13(16-10-11)19(14(15)17-12)4-2-3-18-5-7-20-8-6-18/h9-10H,2-8H2,1H3,(H2,15,17). The monoisotopic (exact) mass is 275 g/mol. The van der Waals surface area contributed by atoms with Crippen LogP contribution in [0.5, 0.6) is 0 Å². The molecule has 3 rings (SSSR count). The van der Waals surface area contributed by atoms with E-state index in [-0.39, 0.29) is 0 Å². The second-order valence-electron chi connectivity index (χ2n) is 5.28. The van der Waals surface area contributed by atoms with Crippen LogP contribution in [-0.2, 0) is 11.3 Å². The molecule has 0 saturated carbocycles. The van der Waals surface area contributed by atoms with E-state index in [1.807, 2.05) is 23.8 Å². The molecule has 1 saturated heterocycles. The van der Waals surface area contributed by atoms with Gasteiger partial charge in [-0.05, 0) is 25.0 Å². The van der Waals surface area contributed by atoms with Crippen molar-refractivity contribution in [3.63, 3.8) is 0 Å². The van der Waals surface area contributed by atoms with Gasteiger partial charge >= 0.3 is 0 Å². The van der Waals surface area contributed by atoms with Crippen molar-refractivity contribution >= 4 is 17.1 Å². The number of imidazole rings is 1.